The Morgan fingerprint density at radius 2 is 2.40 bits per heavy atom. The van der Waals surface area contributed by atoms with Gasteiger partial charge in [0.05, 0.1) is 0 Å². The SMILES string of the molecule is CC(C)CN1C[C@H]1C(=O)O. The van der Waals surface area contributed by atoms with Crippen molar-refractivity contribution in [3.8, 4) is 0 Å². The summed E-state index contributed by atoms with van der Waals surface area (Å²) in [5, 5.41) is 8.49. The van der Waals surface area contributed by atoms with Crippen molar-refractivity contribution in [2.24, 2.45) is 5.92 Å². The molecule has 1 aliphatic rings. The van der Waals surface area contributed by atoms with Crippen LogP contribution in [0.15, 0.2) is 0 Å². The Kier molecular flexibility index (Phi) is 1.94. The smallest absolute Gasteiger partial charge is 0.322 e. The summed E-state index contributed by atoms with van der Waals surface area (Å²) in [6.45, 7) is 5.85. The van der Waals surface area contributed by atoms with Gasteiger partial charge in [-0.2, -0.15) is 0 Å². The van der Waals surface area contributed by atoms with Crippen molar-refractivity contribution in [1.29, 1.82) is 0 Å². The zero-order valence-electron chi connectivity index (χ0n) is 6.37. The van der Waals surface area contributed by atoms with Crippen LogP contribution in [0, 0.1) is 5.92 Å². The molecule has 1 N–H and O–H groups in total. The Morgan fingerprint density at radius 3 is 2.70 bits per heavy atom. The van der Waals surface area contributed by atoms with E-state index in [9.17, 15) is 4.79 Å². The summed E-state index contributed by atoms with van der Waals surface area (Å²) in [6, 6.07) is -0.178. The van der Waals surface area contributed by atoms with Gasteiger partial charge in [0, 0.05) is 13.1 Å². The number of carboxylic acid groups (broad SMARTS) is 1. The maximum atomic E-state index is 10.3. The lowest BCUT2D eigenvalue weighted by Crippen LogP contribution is -2.15. The molecule has 0 aromatic rings. The monoisotopic (exact) mass is 143 g/mol. The second-order valence-corrected chi connectivity index (χ2v) is 3.20. The van der Waals surface area contributed by atoms with Crippen molar-refractivity contribution in [2.45, 2.75) is 19.9 Å². The van der Waals surface area contributed by atoms with Crippen molar-refractivity contribution in [2.75, 3.05) is 13.1 Å². The van der Waals surface area contributed by atoms with Gasteiger partial charge in [-0.25, -0.2) is 0 Å². The summed E-state index contributed by atoms with van der Waals surface area (Å²) in [6.07, 6.45) is 0. The van der Waals surface area contributed by atoms with Crippen LogP contribution in [0.25, 0.3) is 0 Å². The van der Waals surface area contributed by atoms with Gasteiger partial charge in [-0.05, 0) is 5.92 Å². The second-order valence-electron chi connectivity index (χ2n) is 3.20. The highest BCUT2D eigenvalue weighted by Gasteiger charge is 2.40. The van der Waals surface area contributed by atoms with E-state index in [4.69, 9.17) is 5.11 Å². The lowest BCUT2D eigenvalue weighted by molar-refractivity contribution is -0.137. The number of aliphatic carboxylic acids is 1. The Morgan fingerprint density at radius 1 is 1.80 bits per heavy atom. The van der Waals surface area contributed by atoms with Gasteiger partial charge in [-0.15, -0.1) is 0 Å². The summed E-state index contributed by atoms with van der Waals surface area (Å²) >= 11 is 0. The van der Waals surface area contributed by atoms with Gasteiger partial charge in [0.2, 0.25) is 0 Å². The average molecular weight is 143 g/mol. The highest BCUT2D eigenvalue weighted by molar-refractivity contribution is 5.76. The molecule has 3 nitrogen and oxygen atoms in total. The lowest BCUT2D eigenvalue weighted by atomic mass is 10.2. The predicted molar refractivity (Wildman–Crippen MR) is 37.8 cm³/mol. The van der Waals surface area contributed by atoms with Gasteiger partial charge in [-0.1, -0.05) is 13.8 Å². The molecule has 2 atom stereocenters. The molecule has 0 aliphatic carbocycles. The number of carboxylic acids is 1. The fourth-order valence-electron chi connectivity index (χ4n) is 1.08. The van der Waals surface area contributed by atoms with E-state index in [1.807, 2.05) is 4.90 Å². The number of rotatable bonds is 3. The van der Waals surface area contributed by atoms with Gasteiger partial charge in [0.25, 0.3) is 0 Å². The first-order chi connectivity index (χ1) is 4.61. The maximum Gasteiger partial charge on any atom is 0.322 e. The van der Waals surface area contributed by atoms with Crippen LogP contribution >= 0.6 is 0 Å². The van der Waals surface area contributed by atoms with E-state index >= 15 is 0 Å². The second kappa shape index (κ2) is 2.58. The van der Waals surface area contributed by atoms with Gasteiger partial charge in [-0.3, -0.25) is 9.69 Å². The minimum atomic E-state index is -0.680. The van der Waals surface area contributed by atoms with Crippen LogP contribution in [-0.2, 0) is 4.79 Å². The highest BCUT2D eigenvalue weighted by atomic mass is 16.4. The predicted octanol–water partition coefficient (Wildman–Crippen LogP) is 0.411. The van der Waals surface area contributed by atoms with E-state index in [0.717, 1.165) is 13.1 Å². The van der Waals surface area contributed by atoms with Gasteiger partial charge < -0.3 is 5.11 Å². The molecule has 0 aromatic heterocycles. The zero-order valence-corrected chi connectivity index (χ0v) is 6.37. The van der Waals surface area contributed by atoms with E-state index < -0.39 is 5.97 Å². The fraction of sp³-hybridized carbons (Fsp3) is 0.857. The molecule has 1 aliphatic heterocycles. The quantitative estimate of drug-likeness (QED) is 0.582. The third-order valence-corrected chi connectivity index (χ3v) is 1.60. The van der Waals surface area contributed by atoms with E-state index in [2.05, 4.69) is 13.8 Å². The van der Waals surface area contributed by atoms with E-state index in [0.29, 0.717) is 5.92 Å². The molecular formula is C7H13NO2. The Balaban J connectivity index is 2.20. The summed E-state index contributed by atoms with van der Waals surface area (Å²) in [7, 11) is 0. The van der Waals surface area contributed by atoms with E-state index in [1.54, 1.807) is 0 Å². The van der Waals surface area contributed by atoms with E-state index in [-0.39, 0.29) is 6.04 Å². The standard InChI is InChI=1S/C7H13NO2/c1-5(2)3-8-4-6(8)7(9)10/h5-6H,3-4H2,1-2H3,(H,9,10)/t6-,8?/m0/s1. The third-order valence-electron chi connectivity index (χ3n) is 1.60. The molecule has 1 heterocycles. The normalized spacial score (nSPS) is 30.7. The molecule has 58 valence electrons. The van der Waals surface area contributed by atoms with Crippen LogP contribution in [0.3, 0.4) is 0 Å². The first-order valence-corrected chi connectivity index (χ1v) is 3.58. The van der Waals surface area contributed by atoms with Crippen LogP contribution in [0.5, 0.6) is 0 Å². The number of hydrogen-bond acceptors (Lipinski definition) is 2. The largest absolute Gasteiger partial charge is 0.480 e. The van der Waals surface area contributed by atoms with Crippen LogP contribution in [0.4, 0.5) is 0 Å². The van der Waals surface area contributed by atoms with E-state index in [1.165, 1.54) is 0 Å². The molecule has 0 spiro atoms. The van der Waals surface area contributed by atoms with Gasteiger partial charge >= 0.3 is 5.97 Å². The Bertz CT molecular complexity index is 145. The van der Waals surface area contributed by atoms with Gasteiger partial charge in [0.1, 0.15) is 6.04 Å². The van der Waals surface area contributed by atoms with Crippen molar-refractivity contribution >= 4 is 5.97 Å². The molecule has 0 amide bonds. The van der Waals surface area contributed by atoms with Crippen LogP contribution in [0.2, 0.25) is 0 Å². The van der Waals surface area contributed by atoms with Crippen molar-refractivity contribution in [3.63, 3.8) is 0 Å². The van der Waals surface area contributed by atoms with Crippen LogP contribution in [-0.4, -0.2) is 35.1 Å². The highest BCUT2D eigenvalue weighted by Crippen LogP contribution is 2.18. The topological polar surface area (TPSA) is 40.3 Å². The number of hydrogen-bond donors (Lipinski definition) is 1. The number of nitrogens with zero attached hydrogens (tertiary/aromatic N) is 1. The minimum Gasteiger partial charge on any atom is -0.480 e. The van der Waals surface area contributed by atoms with Crippen LogP contribution in [0.1, 0.15) is 13.8 Å². The fourth-order valence-corrected chi connectivity index (χ4v) is 1.08. The molecule has 1 saturated heterocycles. The molecule has 10 heavy (non-hydrogen) atoms. The molecule has 1 fully saturated rings. The average Bonchev–Trinajstić information content (AvgIpc) is 2.43. The van der Waals surface area contributed by atoms with Gasteiger partial charge in [0.15, 0.2) is 0 Å². The number of carbonyl (C=O) groups is 1. The first kappa shape index (κ1) is 7.54. The molecule has 0 bridgehead atoms. The Labute approximate surface area is 60.6 Å². The maximum absolute atomic E-state index is 10.3. The van der Waals surface area contributed by atoms with Crippen molar-refractivity contribution < 1.29 is 9.90 Å². The Hall–Kier alpha value is -0.570. The van der Waals surface area contributed by atoms with Crippen molar-refractivity contribution in [3.05, 3.63) is 0 Å². The van der Waals surface area contributed by atoms with Crippen molar-refractivity contribution in [1.82, 2.24) is 4.90 Å². The molecule has 0 radical (unpaired) electrons. The summed E-state index contributed by atoms with van der Waals surface area (Å²) in [5.41, 5.74) is 0. The lowest BCUT2D eigenvalue weighted by Gasteiger charge is -2.03. The molecule has 0 aromatic carbocycles. The zero-order chi connectivity index (χ0) is 7.72. The summed E-state index contributed by atoms with van der Waals surface area (Å²) in [5.74, 6) is -0.106. The molecule has 0 saturated carbocycles. The molecule has 1 rings (SSSR count). The summed E-state index contributed by atoms with van der Waals surface area (Å²) < 4.78 is 0. The molecular weight excluding hydrogens is 130 g/mol. The first-order valence-electron chi connectivity index (χ1n) is 3.58. The molecule has 3 heteroatoms. The minimum absolute atomic E-state index is 0.178. The molecule has 1 unspecified atom stereocenters. The third kappa shape index (κ3) is 1.70. The summed E-state index contributed by atoms with van der Waals surface area (Å²) in [4.78, 5) is 12.3. The van der Waals surface area contributed by atoms with Crippen LogP contribution < -0.4 is 0 Å².